The molecule has 0 saturated heterocycles. The Balaban J connectivity index is 1.59. The summed E-state index contributed by atoms with van der Waals surface area (Å²) in [4.78, 5) is 20.5. The Bertz CT molecular complexity index is 799. The summed E-state index contributed by atoms with van der Waals surface area (Å²) in [5, 5.41) is 0. The van der Waals surface area contributed by atoms with Gasteiger partial charge in [0.2, 0.25) is 0 Å². The number of hydrogen-bond acceptors (Lipinski definition) is 4. The Kier molecular flexibility index (Phi) is 7.73. The second kappa shape index (κ2) is 10.5. The number of hydrogen-bond donors (Lipinski definition) is 0. The Morgan fingerprint density at radius 1 is 1.07 bits per heavy atom. The zero-order chi connectivity index (χ0) is 20.6. The van der Waals surface area contributed by atoms with Crippen LogP contribution in [0.2, 0.25) is 0 Å². The molecule has 0 unspecified atom stereocenters. The Morgan fingerprint density at radius 3 is 2.41 bits per heavy atom. The van der Waals surface area contributed by atoms with Gasteiger partial charge in [-0.3, -0.25) is 4.79 Å². The molecule has 1 aliphatic rings. The van der Waals surface area contributed by atoms with Gasteiger partial charge in [-0.15, -0.1) is 0 Å². The summed E-state index contributed by atoms with van der Waals surface area (Å²) >= 11 is 0. The number of benzene rings is 1. The van der Waals surface area contributed by atoms with E-state index in [9.17, 15) is 9.18 Å². The summed E-state index contributed by atoms with van der Waals surface area (Å²) in [6.07, 6.45) is 13.9. The molecule has 2 aromatic rings. The van der Waals surface area contributed by atoms with Crippen LogP contribution >= 0.6 is 0 Å². The molecule has 0 aliphatic heterocycles. The molecule has 0 spiro atoms. The summed E-state index contributed by atoms with van der Waals surface area (Å²) in [5.41, 5.74) is 1.43. The van der Waals surface area contributed by atoms with Gasteiger partial charge in [0, 0.05) is 30.3 Å². The van der Waals surface area contributed by atoms with Crippen molar-refractivity contribution in [3.05, 3.63) is 42.2 Å². The van der Waals surface area contributed by atoms with E-state index in [0.29, 0.717) is 11.5 Å². The second-order valence-corrected chi connectivity index (χ2v) is 8.02. The number of unbranched alkanes of at least 4 members (excludes halogenated alkanes) is 2. The minimum Gasteiger partial charge on any atom is -0.423 e. The summed E-state index contributed by atoms with van der Waals surface area (Å²) in [7, 11) is 0. The number of aromatic nitrogens is 2. The van der Waals surface area contributed by atoms with Crippen LogP contribution in [0.5, 0.6) is 5.75 Å². The first-order valence-electron chi connectivity index (χ1n) is 10.9. The Hall–Kier alpha value is -2.30. The third-order valence-corrected chi connectivity index (χ3v) is 5.88. The quantitative estimate of drug-likeness (QED) is 0.291. The number of rotatable bonds is 8. The fourth-order valence-electron chi connectivity index (χ4n) is 4.05. The minimum absolute atomic E-state index is 0.0474. The molecule has 0 radical (unpaired) electrons. The van der Waals surface area contributed by atoms with E-state index in [1.54, 1.807) is 25.4 Å². The van der Waals surface area contributed by atoms with Crippen molar-refractivity contribution < 1.29 is 13.9 Å². The first-order valence-corrected chi connectivity index (χ1v) is 10.9. The molecule has 29 heavy (non-hydrogen) atoms. The predicted octanol–water partition coefficient (Wildman–Crippen LogP) is 6.45. The lowest BCUT2D eigenvalue weighted by Crippen LogP contribution is -2.15. The Labute approximate surface area is 172 Å². The first kappa shape index (κ1) is 21.4. The van der Waals surface area contributed by atoms with E-state index in [1.165, 1.54) is 50.7 Å². The SMILES string of the molecule is CCCCCC1CCC(c2ncc(-c3ccc(OC(=O)CC)c(F)c3)cn2)CC1. The Morgan fingerprint density at radius 2 is 1.79 bits per heavy atom. The third kappa shape index (κ3) is 5.84. The van der Waals surface area contributed by atoms with Gasteiger partial charge in [-0.2, -0.15) is 0 Å². The molecule has 1 aromatic heterocycles. The number of nitrogens with zero attached hydrogens (tertiary/aromatic N) is 2. The van der Waals surface area contributed by atoms with E-state index in [2.05, 4.69) is 16.9 Å². The van der Waals surface area contributed by atoms with Crippen LogP contribution in [0.25, 0.3) is 11.1 Å². The highest BCUT2D eigenvalue weighted by molar-refractivity contribution is 5.72. The number of carbonyl (C=O) groups is 1. The third-order valence-electron chi connectivity index (χ3n) is 5.88. The zero-order valence-electron chi connectivity index (χ0n) is 17.5. The highest BCUT2D eigenvalue weighted by Gasteiger charge is 2.24. The maximum absolute atomic E-state index is 14.2. The van der Waals surface area contributed by atoms with E-state index in [0.717, 1.165) is 30.1 Å². The van der Waals surface area contributed by atoms with Gasteiger partial charge >= 0.3 is 5.97 Å². The molecule has 1 saturated carbocycles. The van der Waals surface area contributed by atoms with Crippen molar-refractivity contribution in [2.75, 3.05) is 0 Å². The molecule has 4 nitrogen and oxygen atoms in total. The van der Waals surface area contributed by atoms with Gasteiger partial charge in [-0.05, 0) is 49.3 Å². The molecular weight excluding hydrogens is 367 g/mol. The van der Waals surface area contributed by atoms with Crippen molar-refractivity contribution >= 4 is 5.97 Å². The summed E-state index contributed by atoms with van der Waals surface area (Å²) in [6, 6.07) is 4.56. The lowest BCUT2D eigenvalue weighted by Gasteiger charge is -2.27. The van der Waals surface area contributed by atoms with Crippen LogP contribution in [0.3, 0.4) is 0 Å². The fraction of sp³-hybridized carbons (Fsp3) is 0.542. The average Bonchev–Trinajstić information content (AvgIpc) is 2.76. The van der Waals surface area contributed by atoms with E-state index in [1.807, 2.05) is 0 Å². The smallest absolute Gasteiger partial charge is 0.310 e. The maximum atomic E-state index is 14.2. The number of ether oxygens (including phenoxy) is 1. The van der Waals surface area contributed by atoms with Gasteiger partial charge in [0.15, 0.2) is 11.6 Å². The van der Waals surface area contributed by atoms with Gasteiger partial charge in [-0.25, -0.2) is 14.4 Å². The molecular formula is C24H31FN2O2. The average molecular weight is 399 g/mol. The molecule has 156 valence electrons. The largest absolute Gasteiger partial charge is 0.423 e. The standard InChI is InChI=1S/C24H31FN2O2/c1-3-5-6-7-17-8-10-18(11-9-17)24-26-15-20(16-27-24)19-12-13-22(21(25)14-19)29-23(28)4-2/h12-18H,3-11H2,1-2H3. The zero-order valence-corrected chi connectivity index (χ0v) is 17.5. The topological polar surface area (TPSA) is 52.1 Å². The molecule has 0 bridgehead atoms. The van der Waals surface area contributed by atoms with E-state index in [-0.39, 0.29) is 12.2 Å². The van der Waals surface area contributed by atoms with Crippen LogP contribution in [-0.4, -0.2) is 15.9 Å². The van der Waals surface area contributed by atoms with Crippen molar-refractivity contribution in [2.45, 2.75) is 77.6 Å². The van der Waals surface area contributed by atoms with Crippen LogP contribution in [0.4, 0.5) is 4.39 Å². The minimum atomic E-state index is -0.560. The maximum Gasteiger partial charge on any atom is 0.310 e. The molecule has 0 atom stereocenters. The molecule has 0 amide bonds. The predicted molar refractivity (Wildman–Crippen MR) is 112 cm³/mol. The van der Waals surface area contributed by atoms with Crippen LogP contribution in [0, 0.1) is 11.7 Å². The van der Waals surface area contributed by atoms with Crippen molar-refractivity contribution in [2.24, 2.45) is 5.92 Å². The number of esters is 1. The monoisotopic (exact) mass is 398 g/mol. The molecule has 1 aromatic carbocycles. The molecule has 3 rings (SSSR count). The number of halogens is 1. The van der Waals surface area contributed by atoms with Crippen LogP contribution in [-0.2, 0) is 4.79 Å². The first-order chi connectivity index (χ1) is 14.1. The molecule has 1 fully saturated rings. The van der Waals surface area contributed by atoms with Gasteiger partial charge in [-0.1, -0.05) is 45.6 Å². The lowest BCUT2D eigenvalue weighted by molar-refractivity contribution is -0.134. The highest BCUT2D eigenvalue weighted by atomic mass is 19.1. The van der Waals surface area contributed by atoms with Gasteiger partial charge in [0.25, 0.3) is 0 Å². The second-order valence-electron chi connectivity index (χ2n) is 8.02. The summed E-state index contributed by atoms with van der Waals surface area (Å²) < 4.78 is 19.2. The molecule has 1 heterocycles. The van der Waals surface area contributed by atoms with Crippen LogP contribution < -0.4 is 4.74 Å². The molecule has 0 N–H and O–H groups in total. The molecule has 1 aliphatic carbocycles. The summed E-state index contributed by atoms with van der Waals surface area (Å²) in [5.74, 6) is 1.13. The normalized spacial score (nSPS) is 19.1. The molecule has 5 heteroatoms. The fourth-order valence-corrected chi connectivity index (χ4v) is 4.05. The van der Waals surface area contributed by atoms with Gasteiger partial charge in [0.1, 0.15) is 5.82 Å². The van der Waals surface area contributed by atoms with Crippen molar-refractivity contribution in [1.29, 1.82) is 0 Å². The van der Waals surface area contributed by atoms with Crippen molar-refractivity contribution in [1.82, 2.24) is 9.97 Å². The summed E-state index contributed by atoms with van der Waals surface area (Å²) in [6.45, 7) is 3.92. The van der Waals surface area contributed by atoms with E-state index in [4.69, 9.17) is 4.74 Å². The van der Waals surface area contributed by atoms with Crippen LogP contribution in [0.1, 0.15) is 83.4 Å². The van der Waals surface area contributed by atoms with Gasteiger partial charge in [0.05, 0.1) is 0 Å². The van der Waals surface area contributed by atoms with E-state index >= 15 is 0 Å². The highest BCUT2D eigenvalue weighted by Crippen LogP contribution is 2.36. The lowest BCUT2D eigenvalue weighted by atomic mass is 9.79. The van der Waals surface area contributed by atoms with Gasteiger partial charge < -0.3 is 4.74 Å². The van der Waals surface area contributed by atoms with Crippen molar-refractivity contribution in [3.8, 4) is 16.9 Å². The number of carbonyl (C=O) groups excluding carboxylic acids is 1. The van der Waals surface area contributed by atoms with E-state index < -0.39 is 11.8 Å². The van der Waals surface area contributed by atoms with Crippen molar-refractivity contribution in [3.63, 3.8) is 0 Å². The van der Waals surface area contributed by atoms with Crippen LogP contribution in [0.15, 0.2) is 30.6 Å².